The molecule has 0 radical (unpaired) electrons. The second-order valence-corrected chi connectivity index (χ2v) is 6.06. The van der Waals surface area contributed by atoms with E-state index in [0.29, 0.717) is 18.7 Å². The lowest BCUT2D eigenvalue weighted by Gasteiger charge is -2.21. The maximum absolute atomic E-state index is 12.3. The van der Waals surface area contributed by atoms with E-state index < -0.39 is 5.97 Å². The van der Waals surface area contributed by atoms with Crippen molar-refractivity contribution in [2.45, 2.75) is 20.3 Å². The van der Waals surface area contributed by atoms with Gasteiger partial charge in [-0.25, -0.2) is 4.79 Å². The lowest BCUT2D eigenvalue weighted by molar-refractivity contribution is -0.132. The third-order valence-electron chi connectivity index (χ3n) is 4.05. The van der Waals surface area contributed by atoms with E-state index in [2.05, 4.69) is 5.32 Å². The minimum absolute atomic E-state index is 0.0844. The Morgan fingerprint density at radius 3 is 2.38 bits per heavy atom. The van der Waals surface area contributed by atoms with Gasteiger partial charge in [-0.3, -0.25) is 9.59 Å². The zero-order valence-corrected chi connectivity index (χ0v) is 14.9. The molecule has 0 aliphatic heterocycles. The maximum Gasteiger partial charge on any atom is 0.335 e. The van der Waals surface area contributed by atoms with Crippen LogP contribution in [0.2, 0.25) is 0 Å². The Morgan fingerprint density at radius 1 is 1.08 bits per heavy atom. The molecule has 2 rings (SSSR count). The third-order valence-corrected chi connectivity index (χ3v) is 4.05. The average Bonchev–Trinajstić information content (AvgIpc) is 2.61. The van der Waals surface area contributed by atoms with Gasteiger partial charge >= 0.3 is 5.97 Å². The van der Waals surface area contributed by atoms with Crippen molar-refractivity contribution in [3.8, 4) is 0 Å². The summed E-state index contributed by atoms with van der Waals surface area (Å²) in [5.74, 6) is -1.61. The van der Waals surface area contributed by atoms with E-state index >= 15 is 0 Å². The summed E-state index contributed by atoms with van der Waals surface area (Å²) in [4.78, 5) is 36.7. The van der Waals surface area contributed by atoms with Gasteiger partial charge in [0.1, 0.15) is 0 Å². The molecular formula is C20H22N2O4. The smallest absolute Gasteiger partial charge is 0.335 e. The highest BCUT2D eigenvalue weighted by molar-refractivity contribution is 5.96. The van der Waals surface area contributed by atoms with Crippen LogP contribution >= 0.6 is 0 Å². The van der Waals surface area contributed by atoms with Gasteiger partial charge in [-0.05, 0) is 36.6 Å². The number of benzene rings is 2. The summed E-state index contributed by atoms with van der Waals surface area (Å²) in [7, 11) is 0. The van der Waals surface area contributed by atoms with Crippen molar-refractivity contribution in [1.82, 2.24) is 4.90 Å². The number of rotatable bonds is 7. The van der Waals surface area contributed by atoms with Gasteiger partial charge in [-0.2, -0.15) is 0 Å². The fraction of sp³-hybridized carbons (Fsp3) is 0.250. The van der Waals surface area contributed by atoms with Crippen LogP contribution in [0.1, 0.15) is 28.4 Å². The van der Waals surface area contributed by atoms with Gasteiger partial charge in [-0.1, -0.05) is 36.4 Å². The number of carbonyl (C=O) groups is 3. The van der Waals surface area contributed by atoms with E-state index in [9.17, 15) is 14.4 Å². The number of amides is 2. The van der Waals surface area contributed by atoms with Crippen molar-refractivity contribution in [2.24, 2.45) is 0 Å². The van der Waals surface area contributed by atoms with Gasteiger partial charge in [0.05, 0.1) is 12.1 Å². The molecule has 6 nitrogen and oxygen atoms in total. The van der Waals surface area contributed by atoms with Crippen LogP contribution in [0.25, 0.3) is 0 Å². The van der Waals surface area contributed by atoms with Crippen LogP contribution in [0.5, 0.6) is 0 Å². The first-order valence-corrected chi connectivity index (χ1v) is 8.30. The Morgan fingerprint density at radius 2 is 1.77 bits per heavy atom. The van der Waals surface area contributed by atoms with Gasteiger partial charge < -0.3 is 15.3 Å². The molecule has 0 aliphatic carbocycles. The first-order valence-electron chi connectivity index (χ1n) is 8.30. The Balaban J connectivity index is 2.00. The minimum atomic E-state index is -1.06. The third kappa shape index (κ3) is 5.44. The molecule has 0 spiro atoms. The minimum Gasteiger partial charge on any atom is -0.478 e. The summed E-state index contributed by atoms with van der Waals surface area (Å²) in [6.45, 7) is 3.55. The Kier molecular flexibility index (Phi) is 6.49. The van der Waals surface area contributed by atoms with Crippen LogP contribution < -0.4 is 5.32 Å². The van der Waals surface area contributed by atoms with E-state index in [1.807, 2.05) is 30.3 Å². The first-order chi connectivity index (χ1) is 12.4. The lowest BCUT2D eigenvalue weighted by Crippen LogP contribution is -2.38. The van der Waals surface area contributed by atoms with E-state index in [1.165, 1.54) is 24.0 Å². The molecule has 2 aromatic carbocycles. The molecule has 0 unspecified atom stereocenters. The normalized spacial score (nSPS) is 10.2. The average molecular weight is 354 g/mol. The van der Waals surface area contributed by atoms with Crippen molar-refractivity contribution in [3.63, 3.8) is 0 Å². The number of anilines is 1. The van der Waals surface area contributed by atoms with Crippen molar-refractivity contribution < 1.29 is 19.5 Å². The second-order valence-electron chi connectivity index (χ2n) is 6.06. The van der Waals surface area contributed by atoms with Gasteiger partial charge in [0.25, 0.3) is 0 Å². The number of hydrogen-bond donors (Lipinski definition) is 2. The fourth-order valence-corrected chi connectivity index (χ4v) is 2.51. The van der Waals surface area contributed by atoms with Crippen LogP contribution in [0.4, 0.5) is 5.69 Å². The molecule has 0 saturated heterocycles. The van der Waals surface area contributed by atoms with Crippen molar-refractivity contribution in [1.29, 1.82) is 0 Å². The quantitative estimate of drug-likeness (QED) is 0.800. The molecule has 2 amide bonds. The summed E-state index contributed by atoms with van der Waals surface area (Å²) >= 11 is 0. The number of carbonyl (C=O) groups excluding carboxylic acids is 2. The van der Waals surface area contributed by atoms with Crippen LogP contribution in [-0.2, 0) is 16.0 Å². The number of carboxylic acids is 1. The number of aromatic carboxylic acids is 1. The number of nitrogens with zero attached hydrogens (tertiary/aromatic N) is 1. The Labute approximate surface area is 152 Å². The zero-order chi connectivity index (χ0) is 19.1. The molecular weight excluding hydrogens is 332 g/mol. The molecule has 0 bridgehead atoms. The molecule has 26 heavy (non-hydrogen) atoms. The highest BCUT2D eigenvalue weighted by atomic mass is 16.4. The van der Waals surface area contributed by atoms with E-state index in [-0.39, 0.29) is 23.9 Å². The molecule has 0 atom stereocenters. The van der Waals surface area contributed by atoms with Gasteiger partial charge in [0.2, 0.25) is 11.8 Å². The number of carboxylic acid groups (broad SMARTS) is 1. The summed E-state index contributed by atoms with van der Waals surface area (Å²) in [6.07, 6.45) is 0.654. The van der Waals surface area contributed by atoms with Crippen LogP contribution in [0.15, 0.2) is 48.5 Å². The monoisotopic (exact) mass is 354 g/mol. The molecule has 0 fully saturated rings. The predicted octanol–water partition coefficient (Wildman–Crippen LogP) is 2.72. The first kappa shape index (κ1) is 19.2. The van der Waals surface area contributed by atoms with E-state index in [0.717, 1.165) is 11.1 Å². The standard InChI is InChI=1S/C20H22N2O4/c1-14-8-9-17(20(25)26)12-18(14)21-19(24)13-22(15(2)23)11-10-16-6-4-3-5-7-16/h3-9,12H,10-11,13H2,1-2H3,(H,21,24)(H,25,26). The van der Waals surface area contributed by atoms with Gasteiger partial charge in [0.15, 0.2) is 0 Å². The highest BCUT2D eigenvalue weighted by Gasteiger charge is 2.15. The largest absolute Gasteiger partial charge is 0.478 e. The van der Waals surface area contributed by atoms with Crippen LogP contribution in [-0.4, -0.2) is 40.9 Å². The van der Waals surface area contributed by atoms with E-state index in [4.69, 9.17) is 5.11 Å². The summed E-state index contributed by atoms with van der Waals surface area (Å²) in [5, 5.41) is 11.8. The Hall–Kier alpha value is -3.15. The zero-order valence-electron chi connectivity index (χ0n) is 14.9. The summed E-state index contributed by atoms with van der Waals surface area (Å²) in [5.41, 5.74) is 2.37. The SMILES string of the molecule is CC(=O)N(CCc1ccccc1)CC(=O)Nc1cc(C(=O)O)ccc1C. The second kappa shape index (κ2) is 8.80. The molecule has 0 heterocycles. The van der Waals surface area contributed by atoms with Crippen molar-refractivity contribution >= 4 is 23.5 Å². The van der Waals surface area contributed by atoms with Crippen molar-refractivity contribution in [3.05, 3.63) is 65.2 Å². The fourth-order valence-electron chi connectivity index (χ4n) is 2.51. The Bertz CT molecular complexity index is 803. The summed E-state index contributed by atoms with van der Waals surface area (Å²) in [6, 6.07) is 14.3. The van der Waals surface area contributed by atoms with E-state index in [1.54, 1.807) is 13.0 Å². The van der Waals surface area contributed by atoms with Crippen LogP contribution in [0.3, 0.4) is 0 Å². The maximum atomic E-state index is 12.3. The lowest BCUT2D eigenvalue weighted by atomic mass is 10.1. The number of hydrogen-bond acceptors (Lipinski definition) is 3. The molecule has 0 aliphatic rings. The molecule has 2 N–H and O–H groups in total. The molecule has 136 valence electrons. The number of aryl methyl sites for hydroxylation is 1. The molecule has 6 heteroatoms. The highest BCUT2D eigenvalue weighted by Crippen LogP contribution is 2.17. The van der Waals surface area contributed by atoms with Crippen LogP contribution in [0, 0.1) is 6.92 Å². The van der Waals surface area contributed by atoms with Crippen molar-refractivity contribution in [2.75, 3.05) is 18.4 Å². The topological polar surface area (TPSA) is 86.7 Å². The molecule has 0 aromatic heterocycles. The number of nitrogens with one attached hydrogen (secondary N) is 1. The predicted molar refractivity (Wildman–Crippen MR) is 99.2 cm³/mol. The van der Waals surface area contributed by atoms with Gasteiger partial charge in [0, 0.05) is 19.2 Å². The molecule has 0 saturated carbocycles. The molecule has 2 aromatic rings. The summed E-state index contributed by atoms with van der Waals surface area (Å²) < 4.78 is 0. The van der Waals surface area contributed by atoms with Gasteiger partial charge in [-0.15, -0.1) is 0 Å².